The molecule has 0 saturated carbocycles. The molecule has 0 unspecified atom stereocenters. The van der Waals surface area contributed by atoms with E-state index >= 15 is 0 Å². The standard InChI is InChI=1S/C16H24N2O4/c1-11(2)10-13(18-16(21)22-3)15(20)17-9-8-12-6-4-5-7-14(12)19/h4-7,11,13,19H,8-10H2,1-3H3,(H,17,20)(H,18,21)/t13-/m1/s1. The van der Waals surface area contributed by atoms with Crippen LogP contribution in [0.2, 0.25) is 0 Å². The fourth-order valence-electron chi connectivity index (χ4n) is 2.07. The summed E-state index contributed by atoms with van der Waals surface area (Å²) in [6, 6.07) is 6.36. The van der Waals surface area contributed by atoms with E-state index in [1.807, 2.05) is 19.9 Å². The fourth-order valence-corrected chi connectivity index (χ4v) is 2.07. The highest BCUT2D eigenvalue weighted by Gasteiger charge is 2.21. The second-order valence-electron chi connectivity index (χ2n) is 5.49. The zero-order valence-electron chi connectivity index (χ0n) is 13.3. The molecule has 0 aromatic heterocycles. The Kier molecular flexibility index (Phi) is 7.22. The van der Waals surface area contributed by atoms with E-state index in [0.717, 1.165) is 5.56 Å². The summed E-state index contributed by atoms with van der Waals surface area (Å²) >= 11 is 0. The Morgan fingerprint density at radius 3 is 2.55 bits per heavy atom. The Bertz CT molecular complexity index is 503. The lowest BCUT2D eigenvalue weighted by Crippen LogP contribution is -2.47. The van der Waals surface area contributed by atoms with Crippen molar-refractivity contribution in [2.45, 2.75) is 32.7 Å². The van der Waals surface area contributed by atoms with Gasteiger partial charge >= 0.3 is 6.09 Å². The summed E-state index contributed by atoms with van der Waals surface area (Å²) in [5.41, 5.74) is 0.768. The van der Waals surface area contributed by atoms with Gasteiger partial charge in [-0.3, -0.25) is 4.79 Å². The Hall–Kier alpha value is -2.24. The molecule has 2 amide bonds. The Labute approximate surface area is 130 Å². The van der Waals surface area contributed by atoms with Crippen molar-refractivity contribution in [3.05, 3.63) is 29.8 Å². The van der Waals surface area contributed by atoms with E-state index in [1.165, 1.54) is 7.11 Å². The van der Waals surface area contributed by atoms with Crippen molar-refractivity contribution in [2.24, 2.45) is 5.92 Å². The third-order valence-electron chi connectivity index (χ3n) is 3.19. The number of carbonyl (C=O) groups is 2. The van der Waals surface area contributed by atoms with Crippen LogP contribution in [0.3, 0.4) is 0 Å². The number of methoxy groups -OCH3 is 1. The predicted molar refractivity (Wildman–Crippen MR) is 83.6 cm³/mol. The van der Waals surface area contributed by atoms with Crippen LogP contribution < -0.4 is 10.6 Å². The highest BCUT2D eigenvalue weighted by Crippen LogP contribution is 2.15. The zero-order valence-corrected chi connectivity index (χ0v) is 13.3. The van der Waals surface area contributed by atoms with Gasteiger partial charge in [0.25, 0.3) is 0 Å². The van der Waals surface area contributed by atoms with E-state index in [2.05, 4.69) is 15.4 Å². The number of benzene rings is 1. The monoisotopic (exact) mass is 308 g/mol. The Morgan fingerprint density at radius 1 is 1.27 bits per heavy atom. The van der Waals surface area contributed by atoms with E-state index in [1.54, 1.807) is 18.2 Å². The molecule has 0 aliphatic carbocycles. The number of amides is 2. The summed E-state index contributed by atoms with van der Waals surface area (Å²) in [7, 11) is 1.26. The summed E-state index contributed by atoms with van der Waals surface area (Å²) in [4.78, 5) is 23.5. The first-order valence-corrected chi connectivity index (χ1v) is 7.33. The number of phenols is 1. The summed E-state index contributed by atoms with van der Waals surface area (Å²) in [5.74, 6) is 0.212. The SMILES string of the molecule is COC(=O)N[C@H](CC(C)C)C(=O)NCCc1ccccc1O. The van der Waals surface area contributed by atoms with Crippen LogP contribution in [0.25, 0.3) is 0 Å². The topological polar surface area (TPSA) is 87.7 Å². The van der Waals surface area contributed by atoms with E-state index < -0.39 is 12.1 Å². The number of phenolic OH excluding ortho intramolecular Hbond substituents is 1. The van der Waals surface area contributed by atoms with Gasteiger partial charge < -0.3 is 20.5 Å². The molecule has 122 valence electrons. The van der Waals surface area contributed by atoms with Crippen molar-refractivity contribution in [3.63, 3.8) is 0 Å². The highest BCUT2D eigenvalue weighted by atomic mass is 16.5. The number of carbonyl (C=O) groups excluding carboxylic acids is 2. The number of aromatic hydroxyl groups is 1. The molecule has 1 atom stereocenters. The lowest BCUT2D eigenvalue weighted by Gasteiger charge is -2.19. The van der Waals surface area contributed by atoms with Gasteiger partial charge in [0.05, 0.1) is 7.11 Å². The molecule has 0 aliphatic rings. The third kappa shape index (κ3) is 6.03. The smallest absolute Gasteiger partial charge is 0.407 e. The summed E-state index contributed by atoms with van der Waals surface area (Å²) in [5, 5.41) is 15.0. The van der Waals surface area contributed by atoms with E-state index in [9.17, 15) is 14.7 Å². The third-order valence-corrected chi connectivity index (χ3v) is 3.19. The molecule has 0 bridgehead atoms. The Balaban J connectivity index is 2.52. The van der Waals surface area contributed by atoms with Crippen molar-refractivity contribution < 1.29 is 19.4 Å². The van der Waals surface area contributed by atoms with Gasteiger partial charge in [-0.2, -0.15) is 0 Å². The van der Waals surface area contributed by atoms with E-state index in [4.69, 9.17) is 0 Å². The molecule has 22 heavy (non-hydrogen) atoms. The molecule has 6 nitrogen and oxygen atoms in total. The van der Waals surface area contributed by atoms with Gasteiger partial charge in [0.2, 0.25) is 5.91 Å². The molecule has 1 aromatic carbocycles. The maximum atomic E-state index is 12.2. The molecular weight excluding hydrogens is 284 g/mol. The van der Waals surface area contributed by atoms with Crippen LogP contribution in [0.5, 0.6) is 5.75 Å². The molecule has 0 radical (unpaired) electrons. The van der Waals surface area contributed by atoms with Crippen molar-refractivity contribution in [3.8, 4) is 5.75 Å². The van der Waals surface area contributed by atoms with Gasteiger partial charge in [-0.1, -0.05) is 32.0 Å². The number of alkyl carbamates (subject to hydrolysis) is 1. The first kappa shape index (κ1) is 17.8. The van der Waals surface area contributed by atoms with E-state index in [-0.39, 0.29) is 17.6 Å². The minimum atomic E-state index is -0.628. The maximum absolute atomic E-state index is 12.2. The lowest BCUT2D eigenvalue weighted by atomic mass is 10.0. The normalized spacial score (nSPS) is 11.8. The molecule has 1 aromatic rings. The van der Waals surface area contributed by atoms with Crippen molar-refractivity contribution >= 4 is 12.0 Å². The van der Waals surface area contributed by atoms with Crippen LogP contribution in [0.4, 0.5) is 4.79 Å². The minimum Gasteiger partial charge on any atom is -0.508 e. The van der Waals surface area contributed by atoms with Crippen LogP contribution in [-0.4, -0.2) is 36.8 Å². The molecule has 0 saturated heterocycles. The number of nitrogens with one attached hydrogen (secondary N) is 2. The highest BCUT2D eigenvalue weighted by molar-refractivity contribution is 5.85. The van der Waals surface area contributed by atoms with Crippen LogP contribution in [0.15, 0.2) is 24.3 Å². The number of rotatable bonds is 7. The average Bonchev–Trinajstić information content (AvgIpc) is 2.47. The van der Waals surface area contributed by atoms with Crippen molar-refractivity contribution in [1.82, 2.24) is 10.6 Å². The van der Waals surface area contributed by atoms with Crippen LogP contribution in [0.1, 0.15) is 25.8 Å². The van der Waals surface area contributed by atoms with Gasteiger partial charge in [0, 0.05) is 6.54 Å². The molecule has 0 aliphatic heterocycles. The lowest BCUT2D eigenvalue weighted by molar-refractivity contribution is -0.123. The zero-order chi connectivity index (χ0) is 16.5. The van der Waals surface area contributed by atoms with Gasteiger partial charge in [-0.25, -0.2) is 4.79 Å². The summed E-state index contributed by atoms with van der Waals surface area (Å²) in [6.45, 7) is 4.33. The summed E-state index contributed by atoms with van der Waals surface area (Å²) in [6.07, 6.45) is 0.421. The van der Waals surface area contributed by atoms with Crippen molar-refractivity contribution in [2.75, 3.05) is 13.7 Å². The largest absolute Gasteiger partial charge is 0.508 e. The molecular formula is C16H24N2O4. The molecule has 6 heteroatoms. The minimum absolute atomic E-state index is 0.211. The first-order chi connectivity index (χ1) is 10.4. The van der Waals surface area contributed by atoms with Crippen LogP contribution in [0, 0.1) is 5.92 Å². The van der Waals surface area contributed by atoms with Gasteiger partial charge in [0.15, 0.2) is 0 Å². The van der Waals surface area contributed by atoms with Gasteiger partial charge in [-0.05, 0) is 30.4 Å². The Morgan fingerprint density at radius 2 is 1.95 bits per heavy atom. The molecule has 0 fully saturated rings. The van der Waals surface area contributed by atoms with Crippen LogP contribution in [-0.2, 0) is 16.0 Å². The number of hydrogen-bond acceptors (Lipinski definition) is 4. The predicted octanol–water partition coefficient (Wildman–Crippen LogP) is 1.82. The molecule has 0 spiro atoms. The summed E-state index contributed by atoms with van der Waals surface area (Å²) < 4.78 is 4.54. The average molecular weight is 308 g/mol. The number of hydrogen-bond donors (Lipinski definition) is 3. The van der Waals surface area contributed by atoms with Gasteiger partial charge in [0.1, 0.15) is 11.8 Å². The van der Waals surface area contributed by atoms with Crippen molar-refractivity contribution in [1.29, 1.82) is 0 Å². The second-order valence-corrected chi connectivity index (χ2v) is 5.49. The fraction of sp³-hybridized carbons (Fsp3) is 0.500. The second kappa shape index (κ2) is 8.92. The van der Waals surface area contributed by atoms with E-state index in [0.29, 0.717) is 19.4 Å². The molecule has 1 rings (SSSR count). The molecule has 3 N–H and O–H groups in total. The number of para-hydroxylation sites is 1. The maximum Gasteiger partial charge on any atom is 0.407 e. The first-order valence-electron chi connectivity index (χ1n) is 7.33. The van der Waals surface area contributed by atoms with Gasteiger partial charge in [-0.15, -0.1) is 0 Å². The molecule has 0 heterocycles. The number of ether oxygens (including phenoxy) is 1. The van der Waals surface area contributed by atoms with Crippen LogP contribution >= 0.6 is 0 Å². The quantitative estimate of drug-likeness (QED) is 0.717.